The van der Waals surface area contributed by atoms with Gasteiger partial charge in [0, 0.05) is 50.4 Å². The molecule has 0 radical (unpaired) electrons. The summed E-state index contributed by atoms with van der Waals surface area (Å²) in [6.45, 7) is 2.13. The largest absolute Gasteiger partial charge is 0.372 e. The molecular formula is C38H35F3N6O2. The standard InChI is InChI=1S/C38H35F3N6O2/c1-45-17-15-29(16-18-45)46(2)28-11-7-25(8-12-28)20-36-43-22-30-34(44-36)14-10-27(37(30)41)5-3-4-6-35(48)31-21-42-24-47(38(31)49)23-26-9-13-32(39)33(40)19-26/h7-14,19,21-22,24,29H,4,6,15-18,20,23H2,1-2H3. The van der Waals surface area contributed by atoms with Crippen LogP contribution in [-0.2, 0) is 13.0 Å². The Morgan fingerprint density at radius 1 is 0.980 bits per heavy atom. The van der Waals surface area contributed by atoms with Crippen molar-refractivity contribution in [2.24, 2.45) is 0 Å². The number of ketones is 1. The molecule has 3 aromatic carbocycles. The van der Waals surface area contributed by atoms with E-state index in [1.807, 2.05) is 0 Å². The molecule has 2 aromatic heterocycles. The molecule has 0 atom stereocenters. The van der Waals surface area contributed by atoms with Gasteiger partial charge >= 0.3 is 0 Å². The van der Waals surface area contributed by atoms with Crippen LogP contribution in [0.25, 0.3) is 10.9 Å². The maximum Gasteiger partial charge on any atom is 0.264 e. The van der Waals surface area contributed by atoms with Crippen LogP contribution in [0.4, 0.5) is 18.9 Å². The Labute approximate surface area is 282 Å². The SMILES string of the molecule is CN1CCC(N(C)c2ccc(Cc3ncc4c(F)c(C#CCCC(=O)c5cncn(Cc6ccc(F)c(F)c6)c5=O)ccc4n3)cc2)CC1. The highest BCUT2D eigenvalue weighted by atomic mass is 19.2. The fourth-order valence-electron chi connectivity index (χ4n) is 5.97. The minimum Gasteiger partial charge on any atom is -0.372 e. The molecule has 0 saturated carbocycles. The van der Waals surface area contributed by atoms with Gasteiger partial charge in [-0.1, -0.05) is 30.0 Å². The fraction of sp³-hybridized carbons (Fsp3) is 0.289. The average molecular weight is 665 g/mol. The molecule has 1 aliphatic heterocycles. The van der Waals surface area contributed by atoms with Gasteiger partial charge < -0.3 is 9.80 Å². The number of halogens is 3. The van der Waals surface area contributed by atoms with Crippen molar-refractivity contribution in [3.63, 3.8) is 0 Å². The first-order chi connectivity index (χ1) is 23.7. The third-order valence-corrected chi connectivity index (χ3v) is 8.93. The van der Waals surface area contributed by atoms with E-state index in [-0.39, 0.29) is 35.9 Å². The van der Waals surface area contributed by atoms with E-state index in [1.54, 1.807) is 12.1 Å². The van der Waals surface area contributed by atoms with Gasteiger partial charge in [-0.2, -0.15) is 0 Å². The first kappa shape index (κ1) is 33.6. The number of hydrogen-bond donors (Lipinski definition) is 0. The summed E-state index contributed by atoms with van der Waals surface area (Å²) in [6.07, 6.45) is 6.66. The van der Waals surface area contributed by atoms with Gasteiger partial charge in [0.25, 0.3) is 5.56 Å². The zero-order valence-corrected chi connectivity index (χ0v) is 27.3. The predicted molar refractivity (Wildman–Crippen MR) is 182 cm³/mol. The predicted octanol–water partition coefficient (Wildman–Crippen LogP) is 5.79. The van der Waals surface area contributed by atoms with Crippen LogP contribution in [0, 0.1) is 29.3 Å². The second-order valence-corrected chi connectivity index (χ2v) is 12.3. The summed E-state index contributed by atoms with van der Waals surface area (Å²) in [5, 5.41) is 0.249. The molecule has 3 heterocycles. The van der Waals surface area contributed by atoms with Crippen LogP contribution in [-0.4, -0.2) is 63.4 Å². The third kappa shape index (κ3) is 7.87. The zero-order valence-electron chi connectivity index (χ0n) is 27.3. The van der Waals surface area contributed by atoms with E-state index in [0.717, 1.165) is 48.2 Å². The number of anilines is 1. The van der Waals surface area contributed by atoms with Crippen LogP contribution < -0.4 is 10.5 Å². The van der Waals surface area contributed by atoms with Crippen LogP contribution in [0.2, 0.25) is 0 Å². The van der Waals surface area contributed by atoms with Gasteiger partial charge in [-0.25, -0.2) is 28.1 Å². The number of Topliss-reactive ketones (excluding diaryl/α,β-unsaturated/α-hetero) is 1. The monoisotopic (exact) mass is 664 g/mol. The smallest absolute Gasteiger partial charge is 0.264 e. The first-order valence-corrected chi connectivity index (χ1v) is 16.1. The maximum atomic E-state index is 15.3. The van der Waals surface area contributed by atoms with Gasteiger partial charge in [0.15, 0.2) is 17.4 Å². The van der Waals surface area contributed by atoms with E-state index in [4.69, 9.17) is 0 Å². The Kier molecular flexibility index (Phi) is 10.2. The summed E-state index contributed by atoms with van der Waals surface area (Å²) in [5.74, 6) is 3.11. The molecule has 0 spiro atoms. The summed E-state index contributed by atoms with van der Waals surface area (Å²) >= 11 is 0. The fourth-order valence-corrected chi connectivity index (χ4v) is 5.97. The number of nitrogens with zero attached hydrogens (tertiary/aromatic N) is 6. The summed E-state index contributed by atoms with van der Waals surface area (Å²) < 4.78 is 43.3. The topological polar surface area (TPSA) is 84.2 Å². The van der Waals surface area contributed by atoms with Crippen molar-refractivity contribution in [2.75, 3.05) is 32.1 Å². The van der Waals surface area contributed by atoms with Crippen LogP contribution >= 0.6 is 0 Å². The third-order valence-electron chi connectivity index (χ3n) is 8.93. The normalized spacial score (nSPS) is 13.7. The number of hydrogen-bond acceptors (Lipinski definition) is 7. The number of rotatable bonds is 9. The van der Waals surface area contributed by atoms with Crippen LogP contribution in [0.5, 0.6) is 0 Å². The van der Waals surface area contributed by atoms with E-state index < -0.39 is 28.8 Å². The number of carbonyl (C=O) groups is 1. The second kappa shape index (κ2) is 14.8. The molecule has 1 fully saturated rings. The lowest BCUT2D eigenvalue weighted by Crippen LogP contribution is -2.41. The quantitative estimate of drug-likeness (QED) is 0.146. The van der Waals surface area contributed by atoms with Crippen LogP contribution in [0.15, 0.2) is 78.1 Å². The molecule has 8 nitrogen and oxygen atoms in total. The lowest BCUT2D eigenvalue weighted by atomic mass is 10.0. The van der Waals surface area contributed by atoms with Gasteiger partial charge in [0.1, 0.15) is 17.2 Å². The van der Waals surface area contributed by atoms with Crippen molar-refractivity contribution in [2.45, 2.75) is 44.7 Å². The Morgan fingerprint density at radius 2 is 1.73 bits per heavy atom. The molecule has 6 rings (SSSR count). The number of fused-ring (bicyclic) bond motifs is 1. The lowest BCUT2D eigenvalue weighted by molar-refractivity contribution is 0.0981. The van der Waals surface area contributed by atoms with E-state index in [2.05, 4.69) is 75.0 Å². The summed E-state index contributed by atoms with van der Waals surface area (Å²) in [4.78, 5) is 43.3. The number of carbonyl (C=O) groups excluding carboxylic acids is 1. The molecular weight excluding hydrogens is 629 g/mol. The number of piperidine rings is 1. The number of aromatic nitrogens is 4. The molecule has 0 bridgehead atoms. The van der Waals surface area contributed by atoms with Gasteiger partial charge in [0.2, 0.25) is 0 Å². The van der Waals surface area contributed by atoms with Crippen LogP contribution in [0.1, 0.15) is 58.6 Å². The van der Waals surface area contributed by atoms with Crippen molar-refractivity contribution in [1.29, 1.82) is 0 Å². The van der Waals surface area contributed by atoms with Crippen molar-refractivity contribution < 1.29 is 18.0 Å². The summed E-state index contributed by atoms with van der Waals surface area (Å²) in [7, 11) is 4.31. The number of benzene rings is 3. The molecule has 11 heteroatoms. The molecule has 1 saturated heterocycles. The van der Waals surface area contributed by atoms with Crippen molar-refractivity contribution in [3.05, 3.63) is 129 Å². The maximum absolute atomic E-state index is 15.3. The molecule has 1 aliphatic rings. The molecule has 0 amide bonds. The van der Waals surface area contributed by atoms with Crippen molar-refractivity contribution in [3.8, 4) is 11.8 Å². The molecule has 0 unspecified atom stereocenters. The zero-order chi connectivity index (χ0) is 34.5. The van der Waals surface area contributed by atoms with Gasteiger partial charge in [-0.3, -0.25) is 14.2 Å². The van der Waals surface area contributed by atoms with E-state index in [9.17, 15) is 18.4 Å². The van der Waals surface area contributed by atoms with Gasteiger partial charge in [-0.15, -0.1) is 0 Å². The lowest BCUT2D eigenvalue weighted by Gasteiger charge is -2.36. The Hall–Kier alpha value is -5.34. The van der Waals surface area contributed by atoms with E-state index in [1.165, 1.54) is 30.5 Å². The Morgan fingerprint density at radius 3 is 2.49 bits per heavy atom. The molecule has 49 heavy (non-hydrogen) atoms. The van der Waals surface area contributed by atoms with Crippen molar-refractivity contribution >= 4 is 22.4 Å². The van der Waals surface area contributed by atoms with Crippen molar-refractivity contribution in [1.82, 2.24) is 24.4 Å². The Bertz CT molecular complexity index is 2120. The van der Waals surface area contributed by atoms with E-state index in [0.29, 0.717) is 29.4 Å². The minimum absolute atomic E-state index is 0.0792. The molecule has 5 aromatic rings. The van der Waals surface area contributed by atoms with Crippen LogP contribution in [0.3, 0.4) is 0 Å². The average Bonchev–Trinajstić information content (AvgIpc) is 3.10. The highest BCUT2D eigenvalue weighted by Gasteiger charge is 2.21. The molecule has 0 N–H and O–H groups in total. The highest BCUT2D eigenvalue weighted by Crippen LogP contribution is 2.24. The minimum atomic E-state index is -1.03. The Balaban J connectivity index is 1.06. The molecule has 250 valence electrons. The highest BCUT2D eigenvalue weighted by molar-refractivity contribution is 5.95. The summed E-state index contributed by atoms with van der Waals surface area (Å²) in [6, 6.07) is 15.5. The number of likely N-dealkylation sites (tertiary alicyclic amines) is 1. The van der Waals surface area contributed by atoms with Gasteiger partial charge in [-0.05, 0) is 80.5 Å². The first-order valence-electron chi connectivity index (χ1n) is 16.1. The summed E-state index contributed by atoms with van der Waals surface area (Å²) in [5.41, 5.74) is 2.45. The second-order valence-electron chi connectivity index (χ2n) is 12.3. The van der Waals surface area contributed by atoms with Gasteiger partial charge in [0.05, 0.1) is 29.3 Å². The van der Waals surface area contributed by atoms with E-state index >= 15 is 4.39 Å². The molecule has 0 aliphatic carbocycles.